The molecule has 2 aromatic rings. The second-order valence-electron chi connectivity index (χ2n) is 6.63. The topological polar surface area (TPSA) is 58.5 Å². The zero-order valence-corrected chi connectivity index (χ0v) is 22.4. The molecular weight excluding hydrogens is 559 g/mol. The van der Waals surface area contributed by atoms with E-state index in [1.54, 1.807) is 0 Å². The number of fused-ring (bicyclic) bond motifs is 1. The molecule has 0 amide bonds. The van der Waals surface area contributed by atoms with Gasteiger partial charge in [0.2, 0.25) is 0 Å². The molecule has 0 aromatic heterocycles. The summed E-state index contributed by atoms with van der Waals surface area (Å²) in [6, 6.07) is 12.2. The van der Waals surface area contributed by atoms with Gasteiger partial charge < -0.3 is 4.74 Å². The van der Waals surface area contributed by atoms with Gasteiger partial charge in [-0.15, -0.1) is 0 Å². The second-order valence-corrected chi connectivity index (χ2v) is 9.59. The first-order valence-electron chi connectivity index (χ1n) is 9.82. The van der Waals surface area contributed by atoms with Crippen LogP contribution in [-0.2, 0) is 40.3 Å². The Kier molecular flexibility index (Phi) is 9.40. The standard InChI is InChI=1S/C22H26NO5.Hg/c1-18-2-5-20(6-3-18)23-17-19-4-7-21-22(16-19)28-15-13-26-11-9-24-8-10-25-12-14-27-21;/h2-5,7,16-17H,8-15H2,1H3;. The Hall–Kier alpha value is -1.47. The average molecular weight is 585 g/mol. The van der Waals surface area contributed by atoms with Crippen LogP contribution in [-0.4, -0.2) is 59.1 Å². The van der Waals surface area contributed by atoms with Crippen LogP contribution in [0.3, 0.4) is 0 Å². The SMILES string of the molecule is Cc1ccc(N=Cc2ccc3c(c2)OCCOCCOCCOCCO3)[c]([Hg])c1. The van der Waals surface area contributed by atoms with Crippen LogP contribution >= 0.6 is 0 Å². The monoisotopic (exact) mass is 586 g/mol. The van der Waals surface area contributed by atoms with Crippen LogP contribution < -0.4 is 12.5 Å². The number of hydrogen-bond donors (Lipinski definition) is 0. The van der Waals surface area contributed by atoms with Crippen molar-refractivity contribution in [3.63, 3.8) is 0 Å². The molecule has 1 aliphatic rings. The van der Waals surface area contributed by atoms with Crippen molar-refractivity contribution in [3.05, 3.63) is 47.5 Å². The summed E-state index contributed by atoms with van der Waals surface area (Å²) in [6.07, 6.45) is 1.87. The van der Waals surface area contributed by atoms with Crippen molar-refractivity contribution < 1.29 is 49.8 Å². The first-order valence-corrected chi connectivity index (χ1v) is 12.6. The van der Waals surface area contributed by atoms with Gasteiger partial charge in [0.25, 0.3) is 0 Å². The van der Waals surface area contributed by atoms with Gasteiger partial charge in [0.05, 0.1) is 19.8 Å². The van der Waals surface area contributed by atoms with Crippen LogP contribution in [0.4, 0.5) is 5.69 Å². The number of hydrogen-bond acceptors (Lipinski definition) is 6. The summed E-state index contributed by atoms with van der Waals surface area (Å²) in [5.74, 6) is 1.38. The van der Waals surface area contributed by atoms with Gasteiger partial charge >= 0.3 is 164 Å². The summed E-state index contributed by atoms with van der Waals surface area (Å²) < 4.78 is 29.6. The summed E-state index contributed by atoms with van der Waals surface area (Å²) in [5.41, 5.74) is 3.28. The van der Waals surface area contributed by atoms with Crippen LogP contribution in [0.25, 0.3) is 0 Å². The second kappa shape index (κ2) is 12.3. The molecule has 0 atom stereocenters. The van der Waals surface area contributed by atoms with Gasteiger partial charge in [0.1, 0.15) is 0 Å². The van der Waals surface area contributed by atoms with E-state index in [-0.39, 0.29) is 0 Å². The van der Waals surface area contributed by atoms with E-state index in [1.807, 2.05) is 24.4 Å². The molecule has 0 saturated carbocycles. The summed E-state index contributed by atoms with van der Waals surface area (Å²) in [4.78, 5) is 4.67. The third-order valence-corrected chi connectivity index (χ3v) is 6.47. The Balaban J connectivity index is 1.71. The first-order chi connectivity index (χ1) is 14.2. The molecule has 0 unspecified atom stereocenters. The van der Waals surface area contributed by atoms with Crippen molar-refractivity contribution in [1.29, 1.82) is 0 Å². The maximum atomic E-state index is 5.91. The third-order valence-electron chi connectivity index (χ3n) is 4.27. The maximum absolute atomic E-state index is 5.91. The number of nitrogens with zero attached hydrogens (tertiary/aromatic N) is 1. The van der Waals surface area contributed by atoms with Gasteiger partial charge in [-0.05, 0) is 0 Å². The molecule has 1 aliphatic heterocycles. The Morgan fingerprint density at radius 1 is 0.759 bits per heavy atom. The van der Waals surface area contributed by atoms with Crippen LogP contribution in [0.5, 0.6) is 11.5 Å². The van der Waals surface area contributed by atoms with Gasteiger partial charge in [0.15, 0.2) is 0 Å². The van der Waals surface area contributed by atoms with Gasteiger partial charge in [-0.1, -0.05) is 0 Å². The predicted octanol–water partition coefficient (Wildman–Crippen LogP) is 2.74. The van der Waals surface area contributed by atoms with E-state index in [9.17, 15) is 0 Å². The number of rotatable bonds is 2. The predicted molar refractivity (Wildman–Crippen MR) is 108 cm³/mol. The van der Waals surface area contributed by atoms with Gasteiger partial charge in [0, 0.05) is 0 Å². The first kappa shape index (κ1) is 22.2. The quantitative estimate of drug-likeness (QED) is 0.401. The number of aliphatic imine (C=N–C) groups is 1. The molecule has 151 valence electrons. The van der Waals surface area contributed by atoms with E-state index >= 15 is 0 Å². The van der Waals surface area contributed by atoms with E-state index in [0.717, 1.165) is 11.3 Å². The van der Waals surface area contributed by atoms with Gasteiger partial charge in [-0.2, -0.15) is 0 Å². The molecule has 6 nitrogen and oxygen atoms in total. The molecule has 1 heterocycles. The fraction of sp³-hybridized carbons (Fsp3) is 0.409. The normalized spacial score (nSPS) is 16.9. The van der Waals surface area contributed by atoms with Crippen LogP contribution in [0, 0.1) is 6.92 Å². The Morgan fingerprint density at radius 3 is 2.03 bits per heavy atom. The van der Waals surface area contributed by atoms with Gasteiger partial charge in [-0.3, -0.25) is 0 Å². The molecule has 0 fully saturated rings. The summed E-state index contributed by atoms with van der Waals surface area (Å²) in [6.45, 7) is 6.20. The molecule has 3 rings (SSSR count). The van der Waals surface area contributed by atoms with E-state index in [2.05, 4.69) is 30.1 Å². The molecule has 0 aliphatic carbocycles. The van der Waals surface area contributed by atoms with E-state index in [4.69, 9.17) is 23.7 Å². The minimum absolute atomic E-state index is 0.443. The van der Waals surface area contributed by atoms with Gasteiger partial charge in [-0.25, -0.2) is 0 Å². The number of benzene rings is 2. The van der Waals surface area contributed by atoms with Crippen LogP contribution in [0.1, 0.15) is 11.1 Å². The van der Waals surface area contributed by atoms with Crippen molar-refractivity contribution in [2.75, 3.05) is 52.9 Å². The molecule has 0 radical (unpaired) electrons. The van der Waals surface area contributed by atoms with E-state index < -0.39 is 0 Å². The van der Waals surface area contributed by atoms with Crippen molar-refractivity contribution in [3.8, 4) is 11.5 Å². The summed E-state index contributed by atoms with van der Waals surface area (Å²) in [7, 11) is 0. The Bertz CT molecular complexity index is 812. The molecular formula is C22H26HgNO5. The zero-order valence-electron chi connectivity index (χ0n) is 16.9. The van der Waals surface area contributed by atoms with Crippen LogP contribution in [0.15, 0.2) is 41.4 Å². The van der Waals surface area contributed by atoms with Crippen LogP contribution in [0.2, 0.25) is 0 Å². The molecule has 0 bridgehead atoms. The number of ether oxygens (including phenoxy) is 5. The molecule has 29 heavy (non-hydrogen) atoms. The van der Waals surface area contributed by atoms with Crippen molar-refractivity contribution in [1.82, 2.24) is 0 Å². The summed E-state index contributed by atoms with van der Waals surface area (Å²) in [5, 5.41) is 0. The molecule has 0 saturated heterocycles. The van der Waals surface area contributed by atoms with E-state index in [0.29, 0.717) is 90.5 Å². The van der Waals surface area contributed by atoms with E-state index in [1.165, 1.54) is 8.64 Å². The Labute approximate surface area is 188 Å². The fourth-order valence-corrected chi connectivity index (χ4v) is 4.85. The fourth-order valence-electron chi connectivity index (χ4n) is 2.78. The molecule has 0 spiro atoms. The van der Waals surface area contributed by atoms with Crippen molar-refractivity contribution in [2.45, 2.75) is 6.92 Å². The molecule has 7 heteroatoms. The molecule has 2 aromatic carbocycles. The minimum atomic E-state index is 0.443. The summed E-state index contributed by atoms with van der Waals surface area (Å²) >= 11 is 0.520. The van der Waals surface area contributed by atoms with Crippen molar-refractivity contribution >= 4 is 15.0 Å². The third kappa shape index (κ3) is 7.70. The molecule has 0 N–H and O–H groups in total. The number of aryl methyl sites for hydroxylation is 1. The van der Waals surface area contributed by atoms with Crippen molar-refractivity contribution in [2.24, 2.45) is 4.99 Å². The average Bonchev–Trinajstić information content (AvgIpc) is 2.72. The zero-order chi connectivity index (χ0) is 20.3. The Morgan fingerprint density at radius 2 is 1.38 bits per heavy atom.